The van der Waals surface area contributed by atoms with E-state index in [0.717, 1.165) is 28.3 Å². The molecule has 0 saturated heterocycles. The van der Waals surface area contributed by atoms with Gasteiger partial charge in [0, 0.05) is 23.5 Å². The number of nitrogens with zero attached hydrogens (tertiary/aromatic N) is 3. The molecule has 7 nitrogen and oxygen atoms in total. The molecule has 0 atom stereocenters. The van der Waals surface area contributed by atoms with Crippen LogP contribution in [-0.4, -0.2) is 32.5 Å². The van der Waals surface area contributed by atoms with Crippen LogP contribution in [0.4, 0.5) is 4.39 Å². The van der Waals surface area contributed by atoms with Crippen molar-refractivity contribution in [1.82, 2.24) is 14.1 Å². The van der Waals surface area contributed by atoms with Crippen molar-refractivity contribution in [3.63, 3.8) is 0 Å². The zero-order chi connectivity index (χ0) is 24.6. The van der Waals surface area contributed by atoms with Crippen LogP contribution in [0.2, 0.25) is 0 Å². The second-order valence-corrected chi connectivity index (χ2v) is 9.05. The van der Waals surface area contributed by atoms with Gasteiger partial charge in [-0.25, -0.2) is 14.2 Å². The first kappa shape index (κ1) is 23.6. The summed E-state index contributed by atoms with van der Waals surface area (Å²) in [5.74, 6) is -1.01. The van der Waals surface area contributed by atoms with Gasteiger partial charge in [0.15, 0.2) is 5.78 Å². The van der Waals surface area contributed by atoms with Crippen LogP contribution in [0.1, 0.15) is 49.5 Å². The van der Waals surface area contributed by atoms with Crippen LogP contribution in [0.5, 0.6) is 0 Å². The van der Waals surface area contributed by atoms with E-state index in [1.165, 1.54) is 23.0 Å². The van der Waals surface area contributed by atoms with Crippen molar-refractivity contribution in [1.29, 1.82) is 0 Å². The van der Waals surface area contributed by atoms with Gasteiger partial charge in [-0.1, -0.05) is 12.1 Å². The number of Topliss-reactive ketones (excluding diaryl/α,β-unsaturated/α-hetero) is 1. The van der Waals surface area contributed by atoms with Crippen LogP contribution < -0.4 is 5.56 Å². The minimum absolute atomic E-state index is 0.174. The topological polar surface area (TPSA) is 83.2 Å². The van der Waals surface area contributed by atoms with Crippen LogP contribution in [0, 0.1) is 26.6 Å². The average Bonchev–Trinajstić information content (AvgIpc) is 3.29. The Bertz CT molecular complexity index is 1460. The number of benzene rings is 1. The number of rotatable bonds is 7. The fourth-order valence-corrected chi connectivity index (χ4v) is 5.04. The molecule has 4 rings (SSSR count). The molecule has 0 spiro atoms. The smallest absolute Gasteiger partial charge is 0.348 e. The Hall–Kier alpha value is -3.59. The second-order valence-electron chi connectivity index (χ2n) is 8.06. The van der Waals surface area contributed by atoms with Crippen molar-refractivity contribution >= 4 is 33.3 Å². The lowest BCUT2D eigenvalue weighted by Crippen LogP contribution is -2.25. The standard InChI is InChI=1S/C25H24FN3O4S/c1-5-33-25(32)22-15(3)21-23(34-22)27-13-28(24(21)31)12-20(30)19-10-14(2)29(16(19)4)11-17-6-8-18(26)9-7-17/h6-10,13H,5,11-12H2,1-4H3. The van der Waals surface area contributed by atoms with E-state index in [9.17, 15) is 18.8 Å². The number of ketones is 1. The summed E-state index contributed by atoms with van der Waals surface area (Å²) in [6.45, 7) is 7.72. The Labute approximate surface area is 199 Å². The van der Waals surface area contributed by atoms with E-state index < -0.39 is 5.97 Å². The van der Waals surface area contributed by atoms with Gasteiger partial charge in [0.05, 0.1) is 24.9 Å². The zero-order valence-electron chi connectivity index (χ0n) is 19.3. The highest BCUT2D eigenvalue weighted by molar-refractivity contribution is 7.20. The number of carbonyl (C=O) groups excluding carboxylic acids is 2. The molecule has 0 radical (unpaired) electrons. The van der Waals surface area contributed by atoms with E-state index in [1.54, 1.807) is 32.0 Å². The van der Waals surface area contributed by atoms with Crippen molar-refractivity contribution in [2.24, 2.45) is 0 Å². The van der Waals surface area contributed by atoms with Crippen molar-refractivity contribution in [3.05, 3.63) is 85.8 Å². The van der Waals surface area contributed by atoms with Crippen molar-refractivity contribution < 1.29 is 18.7 Å². The predicted octanol–water partition coefficient (Wildman–Crippen LogP) is 4.43. The molecule has 0 fully saturated rings. The summed E-state index contributed by atoms with van der Waals surface area (Å²) in [5, 5.41) is 0.324. The van der Waals surface area contributed by atoms with E-state index >= 15 is 0 Å². The fraction of sp³-hybridized carbons (Fsp3) is 0.280. The predicted molar refractivity (Wildman–Crippen MR) is 128 cm³/mol. The number of fused-ring (bicyclic) bond motifs is 1. The van der Waals surface area contributed by atoms with E-state index in [1.807, 2.05) is 18.4 Å². The van der Waals surface area contributed by atoms with E-state index in [4.69, 9.17) is 4.74 Å². The van der Waals surface area contributed by atoms with Crippen LogP contribution >= 0.6 is 11.3 Å². The maximum absolute atomic E-state index is 13.2. The highest BCUT2D eigenvalue weighted by atomic mass is 32.1. The first-order chi connectivity index (χ1) is 16.2. The summed E-state index contributed by atoms with van der Waals surface area (Å²) in [6, 6.07) is 8.04. The van der Waals surface area contributed by atoms with Gasteiger partial charge in [-0.05, 0) is 57.0 Å². The zero-order valence-corrected chi connectivity index (χ0v) is 20.2. The summed E-state index contributed by atoms with van der Waals surface area (Å²) >= 11 is 1.11. The minimum atomic E-state index is -0.487. The minimum Gasteiger partial charge on any atom is -0.462 e. The fourth-order valence-electron chi connectivity index (χ4n) is 4.00. The number of esters is 1. The molecule has 0 bridgehead atoms. The van der Waals surface area contributed by atoms with Crippen LogP contribution in [-0.2, 0) is 17.8 Å². The van der Waals surface area contributed by atoms with Crippen LogP contribution in [0.3, 0.4) is 0 Å². The summed E-state index contributed by atoms with van der Waals surface area (Å²) in [7, 11) is 0. The first-order valence-electron chi connectivity index (χ1n) is 10.8. The van der Waals surface area contributed by atoms with Gasteiger partial charge in [0.1, 0.15) is 15.5 Å². The van der Waals surface area contributed by atoms with Crippen LogP contribution in [0.15, 0.2) is 41.5 Å². The quantitative estimate of drug-likeness (QED) is 0.288. The molecule has 0 aliphatic heterocycles. The van der Waals surface area contributed by atoms with Crippen LogP contribution in [0.25, 0.3) is 10.2 Å². The highest BCUT2D eigenvalue weighted by Crippen LogP contribution is 2.27. The van der Waals surface area contributed by atoms with Gasteiger partial charge < -0.3 is 9.30 Å². The second kappa shape index (κ2) is 9.34. The number of carbonyl (C=O) groups is 2. The number of hydrogen-bond acceptors (Lipinski definition) is 6. The first-order valence-corrected chi connectivity index (χ1v) is 11.6. The maximum atomic E-state index is 13.2. The number of thiophene rings is 1. The number of halogens is 1. The molecular weight excluding hydrogens is 457 g/mol. The molecule has 34 heavy (non-hydrogen) atoms. The Morgan fingerprint density at radius 2 is 1.85 bits per heavy atom. The molecule has 0 aliphatic rings. The summed E-state index contributed by atoms with van der Waals surface area (Å²) in [6.07, 6.45) is 1.34. The molecule has 0 amide bonds. The lowest BCUT2D eigenvalue weighted by molar-refractivity contribution is 0.0531. The molecule has 4 aromatic rings. The Kier molecular flexibility index (Phi) is 6.47. The van der Waals surface area contributed by atoms with E-state index in [2.05, 4.69) is 4.98 Å². The van der Waals surface area contributed by atoms with Crippen molar-refractivity contribution in [2.45, 2.75) is 40.8 Å². The van der Waals surface area contributed by atoms with Gasteiger partial charge in [-0.2, -0.15) is 0 Å². The summed E-state index contributed by atoms with van der Waals surface area (Å²) in [4.78, 5) is 43.5. The van der Waals surface area contributed by atoms with Gasteiger partial charge in [0.25, 0.3) is 5.56 Å². The molecule has 0 aliphatic carbocycles. The molecule has 0 saturated carbocycles. The molecule has 9 heteroatoms. The Balaban J connectivity index is 1.63. The molecule has 3 heterocycles. The third-order valence-electron chi connectivity index (χ3n) is 5.82. The molecular formula is C25H24FN3O4S. The van der Waals surface area contributed by atoms with Gasteiger partial charge in [0.2, 0.25) is 0 Å². The molecule has 0 unspecified atom stereocenters. The highest BCUT2D eigenvalue weighted by Gasteiger charge is 2.22. The third kappa shape index (κ3) is 4.31. The summed E-state index contributed by atoms with van der Waals surface area (Å²) < 4.78 is 21.5. The molecule has 176 valence electrons. The van der Waals surface area contributed by atoms with Gasteiger partial charge in [-0.15, -0.1) is 11.3 Å². The van der Waals surface area contributed by atoms with Gasteiger partial charge in [-0.3, -0.25) is 14.2 Å². The maximum Gasteiger partial charge on any atom is 0.348 e. The largest absolute Gasteiger partial charge is 0.462 e. The summed E-state index contributed by atoms with van der Waals surface area (Å²) in [5.41, 5.74) is 3.22. The number of aromatic nitrogens is 3. The molecule has 1 aromatic carbocycles. The Morgan fingerprint density at radius 3 is 2.53 bits per heavy atom. The molecule has 3 aromatic heterocycles. The van der Waals surface area contributed by atoms with Crippen molar-refractivity contribution in [2.75, 3.05) is 6.61 Å². The lowest BCUT2D eigenvalue weighted by Gasteiger charge is -2.10. The molecule has 0 N–H and O–H groups in total. The third-order valence-corrected chi connectivity index (χ3v) is 7.00. The van der Waals surface area contributed by atoms with E-state index in [0.29, 0.717) is 32.8 Å². The SMILES string of the molecule is CCOC(=O)c1sc2ncn(CC(=O)c3cc(C)n(Cc4ccc(F)cc4)c3C)c(=O)c2c1C. The number of ether oxygens (including phenoxy) is 1. The Morgan fingerprint density at radius 1 is 1.15 bits per heavy atom. The monoisotopic (exact) mass is 481 g/mol. The lowest BCUT2D eigenvalue weighted by atomic mass is 10.1. The normalized spacial score (nSPS) is 11.2. The van der Waals surface area contributed by atoms with Crippen molar-refractivity contribution in [3.8, 4) is 0 Å². The number of aryl methyl sites for hydroxylation is 2. The van der Waals surface area contributed by atoms with E-state index in [-0.39, 0.29) is 30.3 Å². The van der Waals surface area contributed by atoms with Gasteiger partial charge >= 0.3 is 5.97 Å². The average molecular weight is 482 g/mol. The number of hydrogen-bond donors (Lipinski definition) is 0.